The Labute approximate surface area is 107 Å². The van der Waals surface area contributed by atoms with E-state index >= 15 is 0 Å². The quantitative estimate of drug-likeness (QED) is 0.748. The predicted octanol–water partition coefficient (Wildman–Crippen LogP) is 2.53. The van der Waals surface area contributed by atoms with Crippen molar-refractivity contribution >= 4 is 0 Å². The maximum absolute atomic E-state index is 9.16. The number of aliphatic hydroxyl groups is 1. The van der Waals surface area contributed by atoms with Gasteiger partial charge in [0.05, 0.1) is 13.2 Å². The van der Waals surface area contributed by atoms with Gasteiger partial charge in [-0.2, -0.15) is 0 Å². The average molecular weight is 245 g/mol. The molecule has 1 saturated heterocycles. The largest absolute Gasteiger partial charge is 0.396 e. The molecule has 1 rings (SSSR count). The van der Waals surface area contributed by atoms with Gasteiger partial charge < -0.3 is 9.84 Å². The minimum Gasteiger partial charge on any atom is -0.396 e. The number of hydrogen-bond donors (Lipinski definition) is 1. The standard InChI is InChI=1S/C12H25NO2.C2H6/c1-2-4-12(11-14)5-3-6-13-7-9-15-10-8-13;1-2/h12,14H,2-11H2,1H3;1-2H3. The number of morpholine rings is 1. The van der Waals surface area contributed by atoms with Crippen molar-refractivity contribution in [2.45, 2.75) is 46.5 Å². The van der Waals surface area contributed by atoms with Crippen LogP contribution in [-0.2, 0) is 4.74 Å². The van der Waals surface area contributed by atoms with E-state index < -0.39 is 0 Å². The van der Waals surface area contributed by atoms with Crippen LogP contribution in [0.3, 0.4) is 0 Å². The third kappa shape index (κ3) is 8.58. The van der Waals surface area contributed by atoms with Crippen molar-refractivity contribution < 1.29 is 9.84 Å². The summed E-state index contributed by atoms with van der Waals surface area (Å²) >= 11 is 0. The van der Waals surface area contributed by atoms with Crippen LogP contribution in [0.2, 0.25) is 0 Å². The Bertz CT molecular complexity index is 142. The summed E-state index contributed by atoms with van der Waals surface area (Å²) in [6.07, 6.45) is 4.73. The van der Waals surface area contributed by atoms with Gasteiger partial charge in [0.25, 0.3) is 0 Å². The van der Waals surface area contributed by atoms with Crippen LogP contribution >= 0.6 is 0 Å². The average Bonchev–Trinajstić information content (AvgIpc) is 2.41. The fourth-order valence-corrected chi connectivity index (χ4v) is 2.16. The van der Waals surface area contributed by atoms with Gasteiger partial charge in [0, 0.05) is 19.7 Å². The zero-order valence-corrected chi connectivity index (χ0v) is 12.0. The SMILES string of the molecule is CC.CCCC(CO)CCCN1CCOCC1. The molecule has 3 nitrogen and oxygen atoms in total. The highest BCUT2D eigenvalue weighted by Crippen LogP contribution is 2.13. The predicted molar refractivity (Wildman–Crippen MR) is 73.3 cm³/mol. The Morgan fingerprint density at radius 1 is 1.18 bits per heavy atom. The molecule has 1 heterocycles. The van der Waals surface area contributed by atoms with Crippen molar-refractivity contribution in [3.05, 3.63) is 0 Å². The van der Waals surface area contributed by atoms with E-state index in [2.05, 4.69) is 11.8 Å². The topological polar surface area (TPSA) is 32.7 Å². The Hall–Kier alpha value is -0.120. The second-order valence-electron chi connectivity index (χ2n) is 4.43. The third-order valence-corrected chi connectivity index (χ3v) is 3.15. The van der Waals surface area contributed by atoms with Crippen LogP contribution in [0.25, 0.3) is 0 Å². The minimum absolute atomic E-state index is 0.358. The van der Waals surface area contributed by atoms with Crippen LogP contribution in [0.15, 0.2) is 0 Å². The summed E-state index contributed by atoms with van der Waals surface area (Å²) in [4.78, 5) is 2.46. The second-order valence-corrected chi connectivity index (χ2v) is 4.43. The van der Waals surface area contributed by atoms with Crippen LogP contribution in [0.5, 0.6) is 0 Å². The maximum atomic E-state index is 9.16. The molecule has 1 aliphatic rings. The van der Waals surface area contributed by atoms with Crippen molar-refractivity contribution in [3.8, 4) is 0 Å². The van der Waals surface area contributed by atoms with Gasteiger partial charge in [0.2, 0.25) is 0 Å². The first-order valence-electron chi connectivity index (χ1n) is 7.27. The van der Waals surface area contributed by atoms with Crippen molar-refractivity contribution in [1.29, 1.82) is 0 Å². The summed E-state index contributed by atoms with van der Waals surface area (Å²) < 4.78 is 5.31. The first-order valence-corrected chi connectivity index (χ1v) is 7.27. The van der Waals surface area contributed by atoms with Gasteiger partial charge in [0.15, 0.2) is 0 Å². The Balaban J connectivity index is 0.00000121. The zero-order chi connectivity index (χ0) is 12.9. The van der Waals surface area contributed by atoms with Crippen molar-refractivity contribution in [2.75, 3.05) is 39.5 Å². The van der Waals surface area contributed by atoms with E-state index in [0.717, 1.165) is 26.3 Å². The van der Waals surface area contributed by atoms with E-state index in [4.69, 9.17) is 9.84 Å². The lowest BCUT2D eigenvalue weighted by Crippen LogP contribution is -2.37. The molecule has 17 heavy (non-hydrogen) atoms. The molecule has 1 atom stereocenters. The van der Waals surface area contributed by atoms with Gasteiger partial charge in [-0.1, -0.05) is 27.2 Å². The smallest absolute Gasteiger partial charge is 0.0594 e. The molecule has 0 aliphatic carbocycles. The van der Waals surface area contributed by atoms with Crippen molar-refractivity contribution in [1.82, 2.24) is 4.90 Å². The zero-order valence-electron chi connectivity index (χ0n) is 12.0. The number of nitrogens with zero attached hydrogens (tertiary/aromatic N) is 1. The molecular formula is C14H31NO2. The molecule has 0 aromatic heterocycles. The number of rotatable bonds is 7. The van der Waals surface area contributed by atoms with Gasteiger partial charge in [-0.25, -0.2) is 0 Å². The van der Waals surface area contributed by atoms with E-state index in [1.807, 2.05) is 13.8 Å². The van der Waals surface area contributed by atoms with Crippen molar-refractivity contribution in [3.63, 3.8) is 0 Å². The molecule has 0 bridgehead atoms. The highest BCUT2D eigenvalue weighted by Gasteiger charge is 2.11. The molecule has 1 fully saturated rings. The fourth-order valence-electron chi connectivity index (χ4n) is 2.16. The molecule has 3 heteroatoms. The Kier molecular flexibility index (Phi) is 12.3. The normalized spacial score (nSPS) is 18.4. The molecule has 104 valence electrons. The minimum atomic E-state index is 0.358. The fraction of sp³-hybridized carbons (Fsp3) is 1.00. The molecule has 0 amide bonds. The summed E-state index contributed by atoms with van der Waals surface area (Å²) in [5, 5.41) is 9.16. The molecule has 0 aromatic rings. The summed E-state index contributed by atoms with van der Waals surface area (Å²) in [6, 6.07) is 0. The molecule has 1 aliphatic heterocycles. The molecule has 0 saturated carbocycles. The van der Waals surface area contributed by atoms with Gasteiger partial charge in [-0.3, -0.25) is 4.90 Å². The Morgan fingerprint density at radius 2 is 1.82 bits per heavy atom. The van der Waals surface area contributed by atoms with E-state index in [-0.39, 0.29) is 0 Å². The van der Waals surface area contributed by atoms with Gasteiger partial charge in [0.1, 0.15) is 0 Å². The summed E-state index contributed by atoms with van der Waals surface area (Å²) in [7, 11) is 0. The van der Waals surface area contributed by atoms with E-state index in [9.17, 15) is 0 Å². The third-order valence-electron chi connectivity index (χ3n) is 3.15. The van der Waals surface area contributed by atoms with Gasteiger partial charge >= 0.3 is 0 Å². The van der Waals surface area contributed by atoms with E-state index in [1.165, 1.54) is 32.2 Å². The lowest BCUT2D eigenvalue weighted by atomic mass is 9.99. The molecule has 0 radical (unpaired) electrons. The highest BCUT2D eigenvalue weighted by molar-refractivity contribution is 4.64. The highest BCUT2D eigenvalue weighted by atomic mass is 16.5. The summed E-state index contributed by atoms with van der Waals surface area (Å²) in [5.74, 6) is 0.524. The van der Waals surface area contributed by atoms with Crippen LogP contribution < -0.4 is 0 Å². The first-order chi connectivity index (χ1) is 8.36. The summed E-state index contributed by atoms with van der Waals surface area (Å²) in [6.45, 7) is 11.6. The van der Waals surface area contributed by atoms with E-state index in [0.29, 0.717) is 12.5 Å². The van der Waals surface area contributed by atoms with Crippen molar-refractivity contribution in [2.24, 2.45) is 5.92 Å². The number of hydrogen-bond acceptors (Lipinski definition) is 3. The summed E-state index contributed by atoms with van der Waals surface area (Å²) in [5.41, 5.74) is 0. The lowest BCUT2D eigenvalue weighted by Gasteiger charge is -2.27. The van der Waals surface area contributed by atoms with Gasteiger partial charge in [-0.05, 0) is 31.7 Å². The molecular weight excluding hydrogens is 214 g/mol. The van der Waals surface area contributed by atoms with E-state index in [1.54, 1.807) is 0 Å². The number of aliphatic hydroxyl groups excluding tert-OH is 1. The van der Waals surface area contributed by atoms with Crippen LogP contribution in [0.1, 0.15) is 46.5 Å². The van der Waals surface area contributed by atoms with Crippen LogP contribution in [0.4, 0.5) is 0 Å². The first kappa shape index (κ1) is 16.9. The van der Waals surface area contributed by atoms with Crippen LogP contribution in [-0.4, -0.2) is 49.5 Å². The molecule has 0 aromatic carbocycles. The number of ether oxygens (including phenoxy) is 1. The molecule has 0 spiro atoms. The molecule has 1 N–H and O–H groups in total. The second kappa shape index (κ2) is 12.3. The maximum Gasteiger partial charge on any atom is 0.0594 e. The monoisotopic (exact) mass is 245 g/mol. The lowest BCUT2D eigenvalue weighted by molar-refractivity contribution is 0.0362. The van der Waals surface area contributed by atoms with Gasteiger partial charge in [-0.15, -0.1) is 0 Å². The van der Waals surface area contributed by atoms with Crippen LogP contribution in [0, 0.1) is 5.92 Å². The Morgan fingerprint density at radius 3 is 2.35 bits per heavy atom. The molecule has 1 unspecified atom stereocenters.